The fourth-order valence-electron chi connectivity index (χ4n) is 1.22. The van der Waals surface area contributed by atoms with Crippen molar-refractivity contribution < 1.29 is 24.2 Å². The van der Waals surface area contributed by atoms with E-state index in [0.717, 1.165) is 0 Å². The second-order valence-corrected chi connectivity index (χ2v) is 4.63. The molecule has 6 heteroatoms. The van der Waals surface area contributed by atoms with Crippen molar-refractivity contribution in [2.24, 2.45) is 0 Å². The number of rotatable bonds is 2. The fourth-order valence-corrected chi connectivity index (χ4v) is 1.22. The van der Waals surface area contributed by atoms with Crippen molar-refractivity contribution >= 4 is 17.8 Å². The number of ether oxygens (including phenoxy) is 2. The molecule has 0 amide bonds. The molecule has 0 saturated carbocycles. The van der Waals surface area contributed by atoms with Crippen LogP contribution in [0.4, 0.5) is 10.5 Å². The van der Waals surface area contributed by atoms with Crippen molar-refractivity contribution in [2.45, 2.75) is 26.4 Å². The molecule has 0 bridgehead atoms. The highest BCUT2D eigenvalue weighted by molar-refractivity contribution is 5.94. The standard InChI is InChI=1S/C12H15NO5/c1-12(2,3)18-10(14)8-6-7(13)4-5-9(8)17-11(15)16/h4-6H,13H2,1-3H3,(H,15,16). The number of nitrogens with two attached hydrogens (primary N) is 1. The number of hydrogen-bond donors (Lipinski definition) is 2. The van der Waals surface area contributed by atoms with E-state index in [1.807, 2.05) is 0 Å². The molecule has 0 heterocycles. The Morgan fingerprint density at radius 2 is 1.89 bits per heavy atom. The number of hydrogen-bond acceptors (Lipinski definition) is 5. The quantitative estimate of drug-likeness (QED) is 0.476. The summed E-state index contributed by atoms with van der Waals surface area (Å²) >= 11 is 0. The van der Waals surface area contributed by atoms with E-state index in [-0.39, 0.29) is 11.3 Å². The molecule has 0 radical (unpaired) electrons. The highest BCUT2D eigenvalue weighted by Gasteiger charge is 2.22. The Hall–Kier alpha value is -2.24. The Labute approximate surface area is 104 Å². The number of carboxylic acid groups (broad SMARTS) is 1. The van der Waals surface area contributed by atoms with Gasteiger partial charge in [-0.15, -0.1) is 0 Å². The summed E-state index contributed by atoms with van der Waals surface area (Å²) in [5.74, 6) is -0.794. The van der Waals surface area contributed by atoms with E-state index in [1.165, 1.54) is 18.2 Å². The zero-order valence-electron chi connectivity index (χ0n) is 10.4. The van der Waals surface area contributed by atoms with Crippen LogP contribution in [0, 0.1) is 0 Å². The number of benzene rings is 1. The lowest BCUT2D eigenvalue weighted by Crippen LogP contribution is -2.24. The van der Waals surface area contributed by atoms with E-state index in [4.69, 9.17) is 15.6 Å². The molecule has 1 rings (SSSR count). The molecule has 0 aliphatic rings. The molecule has 0 fully saturated rings. The van der Waals surface area contributed by atoms with Crippen molar-refractivity contribution in [3.63, 3.8) is 0 Å². The molecule has 0 atom stereocenters. The lowest BCUT2D eigenvalue weighted by Gasteiger charge is -2.20. The van der Waals surface area contributed by atoms with E-state index in [1.54, 1.807) is 20.8 Å². The minimum absolute atomic E-state index is 0.0210. The molecule has 1 aromatic carbocycles. The molecule has 0 aliphatic heterocycles. The predicted octanol–water partition coefficient (Wildman–Crippen LogP) is 2.28. The van der Waals surface area contributed by atoms with Gasteiger partial charge in [-0.2, -0.15) is 0 Å². The highest BCUT2D eigenvalue weighted by atomic mass is 16.7. The molecule has 0 unspecified atom stereocenters. The molecular formula is C12H15NO5. The van der Waals surface area contributed by atoms with Gasteiger partial charge in [0.05, 0.1) is 0 Å². The third kappa shape index (κ3) is 3.97. The SMILES string of the molecule is CC(C)(C)OC(=O)c1cc(N)ccc1OC(=O)O. The normalized spacial score (nSPS) is 10.8. The Kier molecular flexibility index (Phi) is 3.80. The molecule has 0 spiro atoms. The molecule has 1 aromatic rings. The molecular weight excluding hydrogens is 238 g/mol. The van der Waals surface area contributed by atoms with Crippen LogP contribution >= 0.6 is 0 Å². The van der Waals surface area contributed by atoms with Gasteiger partial charge in [0.25, 0.3) is 0 Å². The maximum atomic E-state index is 11.9. The van der Waals surface area contributed by atoms with Gasteiger partial charge in [-0.05, 0) is 39.0 Å². The summed E-state index contributed by atoms with van der Waals surface area (Å²) in [7, 11) is 0. The third-order valence-corrected chi connectivity index (χ3v) is 1.82. The smallest absolute Gasteiger partial charge is 0.456 e. The monoisotopic (exact) mass is 253 g/mol. The summed E-state index contributed by atoms with van der Waals surface area (Å²) in [4.78, 5) is 22.4. The van der Waals surface area contributed by atoms with E-state index in [0.29, 0.717) is 5.69 Å². The van der Waals surface area contributed by atoms with E-state index >= 15 is 0 Å². The number of carbonyl (C=O) groups excluding carboxylic acids is 1. The van der Waals surface area contributed by atoms with Crippen LogP contribution in [0.25, 0.3) is 0 Å². The van der Waals surface area contributed by atoms with Crippen molar-refractivity contribution in [1.29, 1.82) is 0 Å². The topological polar surface area (TPSA) is 98.9 Å². The van der Waals surface area contributed by atoms with Gasteiger partial charge in [0.15, 0.2) is 0 Å². The second-order valence-electron chi connectivity index (χ2n) is 4.63. The number of carbonyl (C=O) groups is 2. The number of esters is 1. The van der Waals surface area contributed by atoms with Gasteiger partial charge in [0.2, 0.25) is 0 Å². The maximum absolute atomic E-state index is 11.9. The van der Waals surface area contributed by atoms with Crippen LogP contribution in [0.15, 0.2) is 18.2 Å². The van der Waals surface area contributed by atoms with Crippen molar-refractivity contribution in [3.05, 3.63) is 23.8 Å². The van der Waals surface area contributed by atoms with Crippen LogP contribution in [-0.4, -0.2) is 22.8 Å². The zero-order valence-corrected chi connectivity index (χ0v) is 10.4. The Morgan fingerprint density at radius 1 is 1.28 bits per heavy atom. The second kappa shape index (κ2) is 4.95. The summed E-state index contributed by atoms with van der Waals surface area (Å²) in [6.45, 7) is 5.11. The van der Waals surface area contributed by atoms with Crippen LogP contribution in [0.3, 0.4) is 0 Å². The lowest BCUT2D eigenvalue weighted by atomic mass is 10.1. The third-order valence-electron chi connectivity index (χ3n) is 1.82. The Morgan fingerprint density at radius 3 is 2.39 bits per heavy atom. The lowest BCUT2D eigenvalue weighted by molar-refractivity contribution is 0.00670. The van der Waals surface area contributed by atoms with Gasteiger partial charge < -0.3 is 20.3 Å². The highest BCUT2D eigenvalue weighted by Crippen LogP contribution is 2.24. The summed E-state index contributed by atoms with van der Waals surface area (Å²) in [6.07, 6.45) is -1.51. The van der Waals surface area contributed by atoms with E-state index < -0.39 is 17.7 Å². The van der Waals surface area contributed by atoms with Crippen LogP contribution < -0.4 is 10.5 Å². The molecule has 0 aromatic heterocycles. The molecule has 0 saturated heterocycles. The van der Waals surface area contributed by atoms with Crippen LogP contribution in [-0.2, 0) is 4.74 Å². The minimum atomic E-state index is -1.51. The number of nitrogen functional groups attached to an aromatic ring is 1. The zero-order chi connectivity index (χ0) is 13.9. The molecule has 98 valence electrons. The van der Waals surface area contributed by atoms with Gasteiger partial charge in [-0.25, -0.2) is 9.59 Å². The number of anilines is 1. The van der Waals surface area contributed by atoms with Crippen LogP contribution in [0.5, 0.6) is 5.75 Å². The van der Waals surface area contributed by atoms with Gasteiger partial charge in [-0.1, -0.05) is 0 Å². The van der Waals surface area contributed by atoms with E-state index in [2.05, 4.69) is 4.74 Å². The van der Waals surface area contributed by atoms with Gasteiger partial charge in [-0.3, -0.25) is 0 Å². The molecule has 6 nitrogen and oxygen atoms in total. The Bertz CT molecular complexity index is 476. The summed E-state index contributed by atoms with van der Waals surface area (Å²) < 4.78 is 9.63. The first kappa shape index (κ1) is 13.8. The first-order chi connectivity index (χ1) is 8.19. The molecule has 18 heavy (non-hydrogen) atoms. The minimum Gasteiger partial charge on any atom is -0.456 e. The summed E-state index contributed by atoms with van der Waals surface area (Å²) in [5, 5.41) is 8.57. The van der Waals surface area contributed by atoms with Crippen molar-refractivity contribution in [2.75, 3.05) is 5.73 Å². The Balaban J connectivity index is 3.08. The average molecular weight is 253 g/mol. The average Bonchev–Trinajstić information content (AvgIpc) is 2.17. The van der Waals surface area contributed by atoms with E-state index in [9.17, 15) is 9.59 Å². The fraction of sp³-hybridized carbons (Fsp3) is 0.333. The molecule has 3 N–H and O–H groups in total. The summed E-state index contributed by atoms with van der Waals surface area (Å²) in [5.41, 5.74) is 5.15. The maximum Gasteiger partial charge on any atom is 0.511 e. The first-order valence-electron chi connectivity index (χ1n) is 5.23. The van der Waals surface area contributed by atoms with Gasteiger partial charge in [0, 0.05) is 5.69 Å². The predicted molar refractivity (Wildman–Crippen MR) is 64.7 cm³/mol. The first-order valence-corrected chi connectivity index (χ1v) is 5.23. The van der Waals surface area contributed by atoms with Crippen molar-refractivity contribution in [1.82, 2.24) is 0 Å². The van der Waals surface area contributed by atoms with Gasteiger partial charge in [0.1, 0.15) is 16.9 Å². The largest absolute Gasteiger partial charge is 0.511 e. The van der Waals surface area contributed by atoms with Gasteiger partial charge >= 0.3 is 12.1 Å². The van der Waals surface area contributed by atoms with Crippen LogP contribution in [0.1, 0.15) is 31.1 Å². The molecule has 0 aliphatic carbocycles. The van der Waals surface area contributed by atoms with Crippen molar-refractivity contribution in [3.8, 4) is 5.75 Å². The summed E-state index contributed by atoms with van der Waals surface area (Å²) in [6, 6.07) is 4.06. The van der Waals surface area contributed by atoms with Crippen LogP contribution in [0.2, 0.25) is 0 Å².